The van der Waals surface area contributed by atoms with E-state index in [0.29, 0.717) is 0 Å². The lowest BCUT2D eigenvalue weighted by molar-refractivity contribution is 0.629. The van der Waals surface area contributed by atoms with Crippen LogP contribution >= 0.6 is 0 Å². The molecule has 138 valence electrons. The fraction of sp³-hybridized carbons (Fsp3) is 0.429. The Morgan fingerprint density at radius 1 is 1.00 bits per heavy atom. The Balaban J connectivity index is 1.50. The van der Waals surface area contributed by atoms with Crippen LogP contribution in [0.25, 0.3) is 11.4 Å². The van der Waals surface area contributed by atoms with Crippen molar-refractivity contribution in [1.29, 1.82) is 0 Å². The molecule has 1 N–H and O–H groups in total. The second-order valence-corrected chi connectivity index (χ2v) is 7.49. The van der Waals surface area contributed by atoms with Gasteiger partial charge in [0.2, 0.25) is 0 Å². The molecule has 0 spiro atoms. The van der Waals surface area contributed by atoms with E-state index in [1.807, 2.05) is 37.3 Å². The van der Waals surface area contributed by atoms with Crippen LogP contribution in [0.5, 0.6) is 0 Å². The van der Waals surface area contributed by atoms with E-state index in [0.717, 1.165) is 61.1 Å². The number of rotatable bonds is 3. The summed E-state index contributed by atoms with van der Waals surface area (Å²) in [5, 5.41) is 7.66. The average Bonchev–Trinajstić information content (AvgIpc) is 3.37. The Morgan fingerprint density at radius 2 is 1.85 bits per heavy atom. The molecule has 1 aromatic carbocycles. The summed E-state index contributed by atoms with van der Waals surface area (Å²) in [7, 11) is 0. The zero-order valence-electron chi connectivity index (χ0n) is 15.6. The molecule has 5 rings (SSSR count). The van der Waals surface area contributed by atoms with Gasteiger partial charge in [-0.3, -0.25) is 5.10 Å². The smallest absolute Gasteiger partial charge is 0.181 e. The summed E-state index contributed by atoms with van der Waals surface area (Å²) in [5.41, 5.74) is 3.64. The first-order valence-electron chi connectivity index (χ1n) is 9.90. The molecule has 3 aromatic rings. The number of fused-ring (bicyclic) bond motifs is 1. The largest absolute Gasteiger partial charge is 0.346 e. The Labute approximate surface area is 159 Å². The molecule has 1 aliphatic heterocycles. The summed E-state index contributed by atoms with van der Waals surface area (Å²) in [6, 6.07) is 10.3. The minimum absolute atomic E-state index is 0.204. The summed E-state index contributed by atoms with van der Waals surface area (Å²) in [6.07, 6.45) is 6.83. The lowest BCUT2D eigenvalue weighted by atomic mass is 9.96. The molecule has 1 saturated heterocycles. The van der Waals surface area contributed by atoms with Crippen LogP contribution < -0.4 is 4.90 Å². The van der Waals surface area contributed by atoms with Crippen molar-refractivity contribution >= 4 is 5.82 Å². The Bertz CT molecular complexity index is 949. The van der Waals surface area contributed by atoms with Gasteiger partial charge in [0.25, 0.3) is 0 Å². The predicted octanol–water partition coefficient (Wildman–Crippen LogP) is 3.79. The molecular formula is C21H24N6. The molecule has 2 aliphatic rings. The number of aryl methyl sites for hydroxylation is 2. The normalized spacial score (nSPS) is 19.3. The van der Waals surface area contributed by atoms with Gasteiger partial charge in [0.15, 0.2) is 5.82 Å². The predicted molar refractivity (Wildman–Crippen MR) is 105 cm³/mol. The molecule has 0 bridgehead atoms. The fourth-order valence-corrected chi connectivity index (χ4v) is 4.38. The van der Waals surface area contributed by atoms with E-state index in [4.69, 9.17) is 15.0 Å². The molecule has 1 fully saturated rings. The summed E-state index contributed by atoms with van der Waals surface area (Å²) >= 11 is 0. The minimum Gasteiger partial charge on any atom is -0.346 e. The molecule has 1 atom stereocenters. The van der Waals surface area contributed by atoms with E-state index in [-0.39, 0.29) is 6.04 Å². The molecule has 0 radical (unpaired) electrons. The molecule has 2 aromatic heterocycles. The van der Waals surface area contributed by atoms with Gasteiger partial charge in [-0.05, 0) is 45.4 Å². The summed E-state index contributed by atoms with van der Waals surface area (Å²) in [6.45, 7) is 3.01. The third kappa shape index (κ3) is 2.99. The zero-order valence-corrected chi connectivity index (χ0v) is 15.6. The highest BCUT2D eigenvalue weighted by Crippen LogP contribution is 2.38. The second-order valence-electron chi connectivity index (χ2n) is 7.49. The van der Waals surface area contributed by atoms with E-state index in [2.05, 4.69) is 15.1 Å². The van der Waals surface area contributed by atoms with Crippen molar-refractivity contribution in [2.24, 2.45) is 0 Å². The van der Waals surface area contributed by atoms with Crippen molar-refractivity contribution in [1.82, 2.24) is 25.1 Å². The highest BCUT2D eigenvalue weighted by molar-refractivity contribution is 5.55. The van der Waals surface area contributed by atoms with Crippen molar-refractivity contribution < 1.29 is 0 Å². The summed E-state index contributed by atoms with van der Waals surface area (Å²) < 4.78 is 0. The van der Waals surface area contributed by atoms with E-state index >= 15 is 0 Å². The first-order valence-corrected chi connectivity index (χ1v) is 9.90. The number of hydrogen-bond donors (Lipinski definition) is 1. The lowest BCUT2D eigenvalue weighted by Crippen LogP contribution is -2.27. The van der Waals surface area contributed by atoms with Crippen LogP contribution in [0.3, 0.4) is 0 Å². The molecule has 0 saturated carbocycles. The van der Waals surface area contributed by atoms with Crippen molar-refractivity contribution in [2.45, 2.75) is 51.5 Å². The van der Waals surface area contributed by atoms with Crippen LogP contribution in [0, 0.1) is 6.92 Å². The van der Waals surface area contributed by atoms with Crippen LogP contribution in [0.2, 0.25) is 0 Å². The van der Waals surface area contributed by atoms with Gasteiger partial charge in [-0.25, -0.2) is 15.0 Å². The first-order chi connectivity index (χ1) is 13.3. The van der Waals surface area contributed by atoms with E-state index in [1.54, 1.807) is 0 Å². The Morgan fingerprint density at radius 3 is 2.74 bits per heavy atom. The molecule has 1 aliphatic carbocycles. The van der Waals surface area contributed by atoms with Crippen LogP contribution in [-0.4, -0.2) is 31.7 Å². The molecule has 1 unspecified atom stereocenters. The van der Waals surface area contributed by atoms with E-state index in [9.17, 15) is 0 Å². The van der Waals surface area contributed by atoms with Gasteiger partial charge in [0, 0.05) is 23.4 Å². The van der Waals surface area contributed by atoms with Gasteiger partial charge in [-0.2, -0.15) is 5.10 Å². The lowest BCUT2D eigenvalue weighted by Gasteiger charge is -2.29. The summed E-state index contributed by atoms with van der Waals surface area (Å²) in [5.74, 6) is 3.70. The van der Waals surface area contributed by atoms with Gasteiger partial charge in [0.05, 0.1) is 6.04 Å². The van der Waals surface area contributed by atoms with Crippen LogP contribution in [0.15, 0.2) is 30.3 Å². The van der Waals surface area contributed by atoms with Crippen LogP contribution in [0.4, 0.5) is 5.82 Å². The molecule has 0 amide bonds. The van der Waals surface area contributed by atoms with Gasteiger partial charge >= 0.3 is 0 Å². The minimum atomic E-state index is 0.204. The maximum absolute atomic E-state index is 4.86. The molecule has 6 nitrogen and oxygen atoms in total. The van der Waals surface area contributed by atoms with Crippen molar-refractivity contribution in [3.63, 3.8) is 0 Å². The SMILES string of the molecule is Cc1nc2c(c(N3CCCC3c3nc(-c4ccccc4)n[nH]3)n1)CCCC2. The van der Waals surface area contributed by atoms with Gasteiger partial charge in [-0.15, -0.1) is 0 Å². The Kier molecular flexibility index (Phi) is 4.11. The van der Waals surface area contributed by atoms with Gasteiger partial charge in [-0.1, -0.05) is 30.3 Å². The average molecular weight is 360 g/mol. The molecular weight excluding hydrogens is 336 g/mol. The van der Waals surface area contributed by atoms with Gasteiger partial charge in [0.1, 0.15) is 17.5 Å². The van der Waals surface area contributed by atoms with Crippen molar-refractivity contribution in [2.75, 3.05) is 11.4 Å². The third-order valence-corrected chi connectivity index (χ3v) is 5.65. The molecule has 6 heteroatoms. The van der Waals surface area contributed by atoms with Gasteiger partial charge < -0.3 is 4.90 Å². The number of anilines is 1. The van der Waals surface area contributed by atoms with Crippen molar-refractivity contribution in [3.05, 3.63) is 53.2 Å². The second kappa shape index (κ2) is 6.76. The number of hydrogen-bond acceptors (Lipinski definition) is 5. The molecule has 27 heavy (non-hydrogen) atoms. The number of nitrogens with one attached hydrogen (secondary N) is 1. The highest BCUT2D eigenvalue weighted by Gasteiger charge is 2.33. The third-order valence-electron chi connectivity index (χ3n) is 5.65. The monoisotopic (exact) mass is 360 g/mol. The topological polar surface area (TPSA) is 70.6 Å². The van der Waals surface area contributed by atoms with E-state index in [1.165, 1.54) is 24.1 Å². The highest BCUT2D eigenvalue weighted by atomic mass is 15.3. The number of aromatic nitrogens is 5. The number of benzene rings is 1. The maximum Gasteiger partial charge on any atom is 0.181 e. The summed E-state index contributed by atoms with van der Waals surface area (Å²) in [4.78, 5) is 16.8. The number of aromatic amines is 1. The molecule has 3 heterocycles. The number of nitrogens with zero attached hydrogens (tertiary/aromatic N) is 5. The Hall–Kier alpha value is -2.76. The van der Waals surface area contributed by atoms with Crippen LogP contribution in [-0.2, 0) is 12.8 Å². The standard InChI is InChI=1S/C21H24N6/c1-14-22-17-11-6-5-10-16(17)21(23-14)27-13-7-12-18(27)20-24-19(25-26-20)15-8-3-2-4-9-15/h2-4,8-9,18H,5-7,10-13H2,1H3,(H,24,25,26). The number of H-pyrrole nitrogens is 1. The quantitative estimate of drug-likeness (QED) is 0.769. The van der Waals surface area contributed by atoms with Crippen molar-refractivity contribution in [3.8, 4) is 11.4 Å². The fourth-order valence-electron chi connectivity index (χ4n) is 4.38. The first kappa shape index (κ1) is 16.4. The maximum atomic E-state index is 4.86. The van der Waals surface area contributed by atoms with E-state index < -0.39 is 0 Å². The van der Waals surface area contributed by atoms with Crippen LogP contribution in [0.1, 0.15) is 54.6 Å². The zero-order chi connectivity index (χ0) is 18.2.